The molecule has 8 nitrogen and oxygen atoms in total. The molecule has 0 saturated carbocycles. The molecule has 1 aromatic heterocycles. The number of cyclic esters (lactones) is 1. The Morgan fingerprint density at radius 3 is 2.62 bits per heavy atom. The second-order valence-electron chi connectivity index (χ2n) is 11.5. The van der Waals surface area contributed by atoms with Gasteiger partial charge in [0.15, 0.2) is 0 Å². The summed E-state index contributed by atoms with van der Waals surface area (Å²) in [5, 5.41) is 2.98. The van der Waals surface area contributed by atoms with Crippen molar-refractivity contribution in [2.24, 2.45) is 5.41 Å². The summed E-state index contributed by atoms with van der Waals surface area (Å²) in [6.45, 7) is 5.33. The van der Waals surface area contributed by atoms with Gasteiger partial charge in [0.1, 0.15) is 24.4 Å². The highest BCUT2D eigenvalue weighted by Gasteiger charge is 2.51. The molecule has 3 saturated heterocycles. The molecule has 0 aliphatic carbocycles. The van der Waals surface area contributed by atoms with Gasteiger partial charge < -0.3 is 24.2 Å². The number of anilines is 2. The van der Waals surface area contributed by atoms with E-state index in [9.17, 15) is 4.79 Å². The lowest BCUT2D eigenvalue weighted by atomic mass is 9.76. The van der Waals surface area contributed by atoms with E-state index < -0.39 is 0 Å². The first kappa shape index (κ1) is 24.9. The quantitative estimate of drug-likeness (QED) is 0.434. The van der Waals surface area contributed by atoms with Crippen molar-refractivity contribution in [2.45, 2.75) is 44.7 Å². The summed E-state index contributed by atoms with van der Waals surface area (Å²) >= 11 is 6.68. The van der Waals surface area contributed by atoms with Crippen LogP contribution in [0.4, 0.5) is 11.5 Å². The highest BCUT2D eigenvalue weighted by Crippen LogP contribution is 2.42. The fourth-order valence-corrected chi connectivity index (χ4v) is 6.93. The minimum Gasteiger partial charge on any atom is -0.464 e. The molecule has 9 heteroatoms. The van der Waals surface area contributed by atoms with Gasteiger partial charge in [0, 0.05) is 42.3 Å². The Morgan fingerprint density at radius 1 is 1.08 bits per heavy atom. The fourth-order valence-electron chi connectivity index (χ4n) is 6.65. The molecule has 39 heavy (non-hydrogen) atoms. The Bertz CT molecular complexity index is 1420. The number of halogens is 1. The van der Waals surface area contributed by atoms with Crippen molar-refractivity contribution in [1.29, 1.82) is 0 Å². The van der Waals surface area contributed by atoms with Gasteiger partial charge in [-0.2, -0.15) is 9.97 Å². The van der Waals surface area contributed by atoms with E-state index in [1.807, 2.05) is 12.1 Å². The van der Waals surface area contributed by atoms with Crippen LogP contribution >= 0.6 is 11.6 Å². The number of fused-ring (bicyclic) bond motifs is 2. The first-order chi connectivity index (χ1) is 19.0. The standard InChI is InChI=1S/C30H34ClN5O3/c1-34-13-4-7-21(34)18-38-29-32-24-17-36(25-9-3-6-20-5-2-8-23(31)26(20)25)14-10-22(24)27(33-29)35-15-11-30(12-16-35)19-39-28(30)37/h2-3,5-6,8-9,21H,4,7,10-19H2,1H3. The molecule has 0 N–H and O–H groups in total. The van der Waals surface area contributed by atoms with Gasteiger partial charge in [0.2, 0.25) is 0 Å². The number of aromatic nitrogens is 2. The lowest BCUT2D eigenvalue weighted by molar-refractivity contribution is -0.188. The molecule has 204 valence electrons. The highest BCUT2D eigenvalue weighted by atomic mass is 35.5. The first-order valence-electron chi connectivity index (χ1n) is 14.1. The average molecular weight is 548 g/mol. The van der Waals surface area contributed by atoms with Crippen molar-refractivity contribution in [3.05, 3.63) is 52.7 Å². The van der Waals surface area contributed by atoms with Gasteiger partial charge in [-0.25, -0.2) is 0 Å². The number of likely N-dealkylation sites (N-methyl/N-ethyl adjacent to an activating group) is 1. The molecule has 0 amide bonds. The number of hydrogen-bond donors (Lipinski definition) is 0. The van der Waals surface area contributed by atoms with Crippen molar-refractivity contribution in [2.75, 3.05) is 56.2 Å². The number of carbonyl (C=O) groups is 1. The van der Waals surface area contributed by atoms with Gasteiger partial charge in [0.05, 0.1) is 17.3 Å². The Kier molecular flexibility index (Phi) is 6.27. The van der Waals surface area contributed by atoms with Gasteiger partial charge in [0.25, 0.3) is 0 Å². The number of ether oxygens (including phenoxy) is 2. The van der Waals surface area contributed by atoms with E-state index in [1.165, 1.54) is 12.0 Å². The van der Waals surface area contributed by atoms with E-state index in [0.29, 0.717) is 31.8 Å². The second kappa shape index (κ2) is 9.82. The lowest BCUT2D eigenvalue weighted by Crippen LogP contribution is -2.55. The van der Waals surface area contributed by atoms with Crippen LogP contribution in [-0.2, 0) is 22.5 Å². The molecule has 7 rings (SSSR count). The van der Waals surface area contributed by atoms with Crippen LogP contribution in [0.1, 0.15) is 36.9 Å². The molecule has 5 heterocycles. The maximum Gasteiger partial charge on any atom is 0.318 e. The number of esters is 1. The number of piperidine rings is 1. The van der Waals surface area contributed by atoms with Crippen LogP contribution in [0.3, 0.4) is 0 Å². The molecule has 4 aliphatic rings. The number of rotatable bonds is 5. The average Bonchev–Trinajstić information content (AvgIpc) is 3.38. The van der Waals surface area contributed by atoms with E-state index in [-0.39, 0.29) is 11.4 Å². The molecule has 4 aliphatic heterocycles. The number of nitrogens with zero attached hydrogens (tertiary/aromatic N) is 5. The summed E-state index contributed by atoms with van der Waals surface area (Å²) in [7, 11) is 2.16. The Hall–Kier alpha value is -3.10. The van der Waals surface area contributed by atoms with Crippen molar-refractivity contribution in [3.8, 4) is 6.01 Å². The highest BCUT2D eigenvalue weighted by molar-refractivity contribution is 6.36. The van der Waals surface area contributed by atoms with E-state index in [4.69, 9.17) is 31.0 Å². The van der Waals surface area contributed by atoms with Crippen LogP contribution in [0.5, 0.6) is 6.01 Å². The van der Waals surface area contributed by atoms with Gasteiger partial charge in [-0.1, -0.05) is 35.9 Å². The first-order valence-corrected chi connectivity index (χ1v) is 14.5. The zero-order chi connectivity index (χ0) is 26.6. The molecule has 1 atom stereocenters. The van der Waals surface area contributed by atoms with Crippen molar-refractivity contribution in [3.63, 3.8) is 0 Å². The smallest absolute Gasteiger partial charge is 0.318 e. The maximum absolute atomic E-state index is 12.2. The third-order valence-corrected chi connectivity index (χ3v) is 9.52. The molecule has 3 fully saturated rings. The second-order valence-corrected chi connectivity index (χ2v) is 11.9. The third-order valence-electron chi connectivity index (χ3n) is 9.20. The molecular formula is C30H34ClN5O3. The Balaban J connectivity index is 1.20. The van der Waals surface area contributed by atoms with Gasteiger partial charge in [-0.15, -0.1) is 0 Å². The fraction of sp³-hybridized carbons (Fsp3) is 0.500. The number of hydrogen-bond acceptors (Lipinski definition) is 8. The Labute approximate surface area is 233 Å². The predicted molar refractivity (Wildman–Crippen MR) is 152 cm³/mol. The molecule has 0 radical (unpaired) electrons. The van der Waals surface area contributed by atoms with Crippen molar-refractivity contribution in [1.82, 2.24) is 14.9 Å². The van der Waals surface area contributed by atoms with E-state index in [0.717, 1.165) is 84.9 Å². The van der Waals surface area contributed by atoms with Crippen LogP contribution in [0.25, 0.3) is 10.8 Å². The van der Waals surface area contributed by atoms with Crippen LogP contribution < -0.4 is 14.5 Å². The summed E-state index contributed by atoms with van der Waals surface area (Å²) in [6.07, 6.45) is 4.76. The number of carbonyl (C=O) groups excluding carboxylic acids is 1. The molecule has 1 unspecified atom stereocenters. The molecule has 1 spiro atoms. The van der Waals surface area contributed by atoms with E-state index >= 15 is 0 Å². The summed E-state index contributed by atoms with van der Waals surface area (Å²) in [5.74, 6) is 0.925. The summed E-state index contributed by atoms with van der Waals surface area (Å²) in [4.78, 5) is 29.2. The number of benzene rings is 2. The van der Waals surface area contributed by atoms with Gasteiger partial charge in [-0.3, -0.25) is 4.79 Å². The largest absolute Gasteiger partial charge is 0.464 e. The van der Waals surface area contributed by atoms with Crippen LogP contribution in [0, 0.1) is 5.41 Å². The molecular weight excluding hydrogens is 514 g/mol. The SMILES string of the molecule is CN1CCCC1COc1nc2c(c(N3CCC4(CC3)COC4=O)n1)CCN(c1cccc3cccc(Cl)c13)C2. The van der Waals surface area contributed by atoms with Crippen molar-refractivity contribution < 1.29 is 14.3 Å². The Morgan fingerprint density at radius 2 is 1.90 bits per heavy atom. The lowest BCUT2D eigenvalue weighted by Gasteiger charge is -2.45. The third kappa shape index (κ3) is 4.38. The zero-order valence-electron chi connectivity index (χ0n) is 22.4. The van der Waals surface area contributed by atoms with Crippen LogP contribution in [0.2, 0.25) is 5.02 Å². The van der Waals surface area contributed by atoms with Crippen LogP contribution in [0.15, 0.2) is 36.4 Å². The summed E-state index contributed by atoms with van der Waals surface area (Å²) in [6, 6.07) is 13.3. The van der Waals surface area contributed by atoms with Gasteiger partial charge >= 0.3 is 12.0 Å². The van der Waals surface area contributed by atoms with E-state index in [1.54, 1.807) is 0 Å². The minimum atomic E-state index is -0.291. The minimum absolute atomic E-state index is 0.0408. The van der Waals surface area contributed by atoms with Crippen molar-refractivity contribution >= 4 is 39.8 Å². The normalized spacial score (nSPS) is 22.6. The zero-order valence-corrected chi connectivity index (χ0v) is 23.1. The van der Waals surface area contributed by atoms with E-state index in [2.05, 4.69) is 46.0 Å². The predicted octanol–water partition coefficient (Wildman–Crippen LogP) is 4.46. The number of likely N-dealkylation sites (tertiary alicyclic amines) is 1. The molecule has 3 aromatic rings. The monoisotopic (exact) mass is 547 g/mol. The topological polar surface area (TPSA) is 71.0 Å². The maximum atomic E-state index is 12.2. The molecule has 0 bridgehead atoms. The summed E-state index contributed by atoms with van der Waals surface area (Å²) in [5.41, 5.74) is 3.03. The summed E-state index contributed by atoms with van der Waals surface area (Å²) < 4.78 is 11.4. The molecule has 2 aromatic carbocycles. The van der Waals surface area contributed by atoms with Gasteiger partial charge in [-0.05, 0) is 63.2 Å². The van der Waals surface area contributed by atoms with Crippen LogP contribution in [-0.4, -0.2) is 73.3 Å².